The van der Waals surface area contributed by atoms with Crippen molar-refractivity contribution in [2.75, 3.05) is 17.7 Å². The molecule has 0 amide bonds. The molecule has 0 radical (unpaired) electrons. The van der Waals surface area contributed by atoms with Crippen LogP contribution in [0.2, 0.25) is 0 Å². The van der Waals surface area contributed by atoms with Crippen LogP contribution in [0, 0.1) is 5.92 Å². The molecule has 0 aromatic heterocycles. The maximum absolute atomic E-state index is 11.4. The minimum absolute atomic E-state index is 0.0836. The van der Waals surface area contributed by atoms with E-state index < -0.39 is 10.0 Å². The van der Waals surface area contributed by atoms with Crippen molar-refractivity contribution in [2.45, 2.75) is 38.1 Å². The second-order valence-corrected chi connectivity index (χ2v) is 6.92. The van der Waals surface area contributed by atoms with Gasteiger partial charge in [-0.15, -0.1) is 0 Å². The molecule has 0 bridgehead atoms. The summed E-state index contributed by atoms with van der Waals surface area (Å²) >= 11 is 0. The van der Waals surface area contributed by atoms with E-state index in [0.717, 1.165) is 6.42 Å². The van der Waals surface area contributed by atoms with Crippen LogP contribution in [0.25, 0.3) is 0 Å². The Kier molecular flexibility index (Phi) is 4.81. The molecule has 0 aliphatic heterocycles. The van der Waals surface area contributed by atoms with Crippen molar-refractivity contribution < 1.29 is 8.42 Å². The van der Waals surface area contributed by atoms with Crippen molar-refractivity contribution in [3.8, 4) is 0 Å². The molecule has 0 fully saturated rings. The number of rotatable bonds is 5. The summed E-state index contributed by atoms with van der Waals surface area (Å²) < 4.78 is 22.8. The van der Waals surface area contributed by atoms with Crippen molar-refractivity contribution >= 4 is 21.4 Å². The molecule has 0 spiro atoms. The van der Waals surface area contributed by atoms with Gasteiger partial charge in [-0.25, -0.2) is 13.6 Å². The maximum Gasteiger partial charge on any atom is 0.238 e. The quantitative estimate of drug-likeness (QED) is 0.807. The van der Waals surface area contributed by atoms with Gasteiger partial charge in [0, 0.05) is 13.1 Å². The maximum atomic E-state index is 11.4. The van der Waals surface area contributed by atoms with Crippen molar-refractivity contribution in [1.82, 2.24) is 0 Å². The standard InChI is InChI=1S/C13H23N3O2S/c1-9(2)7-10(3)16(4)13-8-11(19(15,17)18)5-6-12(13)14/h5-6,8-10H,7,14H2,1-4H3,(H2,15,17,18). The molecule has 1 aromatic carbocycles. The lowest BCUT2D eigenvalue weighted by atomic mass is 10.0. The summed E-state index contributed by atoms with van der Waals surface area (Å²) in [5, 5.41) is 5.15. The van der Waals surface area contributed by atoms with E-state index >= 15 is 0 Å². The molecule has 0 heterocycles. The third-order valence-electron chi connectivity index (χ3n) is 3.18. The van der Waals surface area contributed by atoms with Crippen molar-refractivity contribution in [3.05, 3.63) is 18.2 Å². The van der Waals surface area contributed by atoms with Crippen LogP contribution < -0.4 is 15.8 Å². The van der Waals surface area contributed by atoms with Gasteiger partial charge in [-0.05, 0) is 37.5 Å². The van der Waals surface area contributed by atoms with Gasteiger partial charge in [0.2, 0.25) is 10.0 Å². The van der Waals surface area contributed by atoms with Crippen LogP contribution in [0.15, 0.2) is 23.1 Å². The average Bonchev–Trinajstić information content (AvgIpc) is 2.26. The minimum atomic E-state index is -3.71. The number of hydrogen-bond acceptors (Lipinski definition) is 4. The van der Waals surface area contributed by atoms with Gasteiger partial charge in [0.1, 0.15) is 0 Å². The lowest BCUT2D eigenvalue weighted by Gasteiger charge is -2.29. The summed E-state index contributed by atoms with van der Waals surface area (Å²) in [6.07, 6.45) is 0.996. The molecule has 6 heteroatoms. The molecule has 0 aliphatic rings. The zero-order chi connectivity index (χ0) is 14.8. The van der Waals surface area contributed by atoms with Crippen LogP contribution >= 0.6 is 0 Å². The summed E-state index contributed by atoms with van der Waals surface area (Å²) in [6.45, 7) is 6.38. The molecule has 5 nitrogen and oxygen atoms in total. The van der Waals surface area contributed by atoms with Crippen molar-refractivity contribution in [3.63, 3.8) is 0 Å². The summed E-state index contributed by atoms with van der Waals surface area (Å²) in [5.74, 6) is 0.556. The van der Waals surface area contributed by atoms with Crippen LogP contribution in [0.3, 0.4) is 0 Å². The lowest BCUT2D eigenvalue weighted by Crippen LogP contribution is -2.31. The van der Waals surface area contributed by atoms with Gasteiger partial charge >= 0.3 is 0 Å². The van der Waals surface area contributed by atoms with E-state index in [-0.39, 0.29) is 10.9 Å². The van der Waals surface area contributed by atoms with Crippen molar-refractivity contribution in [1.29, 1.82) is 0 Å². The third kappa shape index (κ3) is 4.11. The van der Waals surface area contributed by atoms with Crippen LogP contribution in [-0.4, -0.2) is 21.5 Å². The van der Waals surface area contributed by atoms with E-state index in [1.54, 1.807) is 6.07 Å². The Balaban J connectivity index is 3.12. The molecule has 0 saturated carbocycles. The first-order valence-corrected chi connectivity index (χ1v) is 7.82. The van der Waals surface area contributed by atoms with Crippen LogP contribution in [-0.2, 0) is 10.0 Å². The first-order chi connectivity index (χ1) is 8.62. The Hall–Kier alpha value is -1.27. The van der Waals surface area contributed by atoms with Gasteiger partial charge in [0.15, 0.2) is 0 Å². The molecule has 19 heavy (non-hydrogen) atoms. The zero-order valence-electron chi connectivity index (χ0n) is 11.9. The van der Waals surface area contributed by atoms with Crippen LogP contribution in [0.1, 0.15) is 27.2 Å². The summed E-state index contributed by atoms with van der Waals surface area (Å²) in [6, 6.07) is 4.79. The molecule has 4 N–H and O–H groups in total. The molecular formula is C13H23N3O2S. The molecule has 1 rings (SSSR count). The number of nitrogen functional groups attached to an aromatic ring is 1. The van der Waals surface area contributed by atoms with Crippen LogP contribution in [0.4, 0.5) is 11.4 Å². The number of anilines is 2. The number of nitrogens with zero attached hydrogens (tertiary/aromatic N) is 1. The van der Waals surface area contributed by atoms with E-state index in [2.05, 4.69) is 20.8 Å². The third-order valence-corrected chi connectivity index (χ3v) is 4.10. The fraction of sp³-hybridized carbons (Fsp3) is 0.538. The Morgan fingerprint density at radius 1 is 1.26 bits per heavy atom. The molecule has 1 aromatic rings. The molecule has 1 atom stereocenters. The number of nitrogens with two attached hydrogens (primary N) is 2. The van der Waals surface area contributed by atoms with E-state index in [1.165, 1.54) is 12.1 Å². The second kappa shape index (κ2) is 5.79. The number of primary sulfonamides is 1. The second-order valence-electron chi connectivity index (χ2n) is 5.36. The van der Waals surface area contributed by atoms with Crippen LogP contribution in [0.5, 0.6) is 0 Å². The number of hydrogen-bond donors (Lipinski definition) is 2. The van der Waals surface area contributed by atoms with E-state index in [9.17, 15) is 8.42 Å². The average molecular weight is 285 g/mol. The van der Waals surface area contributed by atoms with Gasteiger partial charge in [0.05, 0.1) is 16.3 Å². The lowest BCUT2D eigenvalue weighted by molar-refractivity contribution is 0.504. The fourth-order valence-electron chi connectivity index (χ4n) is 2.08. The smallest absolute Gasteiger partial charge is 0.238 e. The van der Waals surface area contributed by atoms with Gasteiger partial charge in [-0.3, -0.25) is 0 Å². The Morgan fingerprint density at radius 2 is 1.84 bits per heavy atom. The van der Waals surface area contributed by atoms with Crippen molar-refractivity contribution in [2.24, 2.45) is 11.1 Å². The predicted octanol–water partition coefficient (Wildman–Crippen LogP) is 1.79. The molecule has 108 valence electrons. The molecule has 0 saturated heterocycles. The highest BCUT2D eigenvalue weighted by atomic mass is 32.2. The molecule has 1 unspecified atom stereocenters. The predicted molar refractivity (Wildman–Crippen MR) is 79.5 cm³/mol. The first-order valence-electron chi connectivity index (χ1n) is 6.28. The topological polar surface area (TPSA) is 89.4 Å². The normalized spacial score (nSPS) is 13.6. The zero-order valence-corrected chi connectivity index (χ0v) is 12.7. The minimum Gasteiger partial charge on any atom is -0.397 e. The fourth-order valence-corrected chi connectivity index (χ4v) is 2.62. The highest BCUT2D eigenvalue weighted by Crippen LogP contribution is 2.28. The van der Waals surface area contributed by atoms with Gasteiger partial charge in [-0.2, -0.15) is 0 Å². The Bertz CT molecular complexity index is 541. The highest BCUT2D eigenvalue weighted by molar-refractivity contribution is 7.89. The summed E-state index contributed by atoms with van der Waals surface area (Å²) in [7, 11) is -1.80. The van der Waals surface area contributed by atoms with Gasteiger partial charge in [-0.1, -0.05) is 13.8 Å². The summed E-state index contributed by atoms with van der Waals surface area (Å²) in [4.78, 5) is 2.07. The Morgan fingerprint density at radius 3 is 2.32 bits per heavy atom. The van der Waals surface area contributed by atoms with E-state index in [0.29, 0.717) is 17.3 Å². The molecular weight excluding hydrogens is 262 g/mol. The van der Waals surface area contributed by atoms with E-state index in [1.807, 2.05) is 11.9 Å². The number of sulfonamides is 1. The SMILES string of the molecule is CC(C)CC(C)N(C)c1cc(S(N)(=O)=O)ccc1N. The first kappa shape index (κ1) is 15.8. The number of benzene rings is 1. The Labute approximate surface area is 115 Å². The largest absolute Gasteiger partial charge is 0.397 e. The van der Waals surface area contributed by atoms with Gasteiger partial charge in [0.25, 0.3) is 0 Å². The van der Waals surface area contributed by atoms with Gasteiger partial charge < -0.3 is 10.6 Å². The summed E-state index contributed by atoms with van der Waals surface area (Å²) in [5.41, 5.74) is 7.17. The van der Waals surface area contributed by atoms with E-state index in [4.69, 9.17) is 10.9 Å². The highest BCUT2D eigenvalue weighted by Gasteiger charge is 2.17. The monoisotopic (exact) mass is 285 g/mol. The molecule has 0 aliphatic carbocycles.